The summed E-state index contributed by atoms with van der Waals surface area (Å²) in [4.78, 5) is 11.6. The molecule has 128 valence electrons. The number of fused-ring (bicyclic) bond motifs is 1. The van der Waals surface area contributed by atoms with Gasteiger partial charge in [0.1, 0.15) is 4.90 Å². The second kappa shape index (κ2) is 6.52. The number of aliphatic hydroxyl groups is 1. The molecule has 0 spiro atoms. The third kappa shape index (κ3) is 3.03. The minimum Gasteiger partial charge on any atom is -0.363 e. The number of carbonyl (C=O) groups excluding carboxylic acids is 1. The number of halogens is 1. The van der Waals surface area contributed by atoms with E-state index in [1.54, 1.807) is 24.3 Å². The molecule has 1 atom stereocenters. The molecule has 24 heavy (non-hydrogen) atoms. The monoisotopic (exact) mass is 368 g/mol. The van der Waals surface area contributed by atoms with Gasteiger partial charge in [-0.25, -0.2) is 13.6 Å². The molecule has 0 aromatic heterocycles. The summed E-state index contributed by atoms with van der Waals surface area (Å²) in [5, 5.41) is 18.4. The summed E-state index contributed by atoms with van der Waals surface area (Å²) in [6, 6.07) is 10.4. The van der Waals surface area contributed by atoms with E-state index < -0.39 is 21.7 Å². The van der Waals surface area contributed by atoms with Gasteiger partial charge in [0.25, 0.3) is 5.91 Å². The molecule has 1 aliphatic rings. The fourth-order valence-electron chi connectivity index (χ4n) is 2.47. The third-order valence-corrected chi connectivity index (χ3v) is 4.90. The van der Waals surface area contributed by atoms with Crippen LogP contribution >= 0.6 is 11.6 Å². The SMILES string of the molecule is CC.NS(=O)(=O)c1cc(C2(O)NC(=O)c3ccccc32)ccc1Cl. The molecule has 0 saturated carbocycles. The van der Waals surface area contributed by atoms with Gasteiger partial charge in [-0.15, -0.1) is 0 Å². The highest BCUT2D eigenvalue weighted by Crippen LogP contribution is 2.36. The van der Waals surface area contributed by atoms with Crippen molar-refractivity contribution in [1.29, 1.82) is 0 Å². The van der Waals surface area contributed by atoms with E-state index in [0.29, 0.717) is 11.1 Å². The lowest BCUT2D eigenvalue weighted by molar-refractivity contribution is 0.0474. The lowest BCUT2D eigenvalue weighted by atomic mass is 9.94. The summed E-state index contributed by atoms with van der Waals surface area (Å²) in [7, 11) is -4.06. The normalized spacial score (nSPS) is 19.1. The number of rotatable bonds is 2. The summed E-state index contributed by atoms with van der Waals surface area (Å²) < 4.78 is 23.1. The van der Waals surface area contributed by atoms with Crippen molar-refractivity contribution in [3.8, 4) is 0 Å². The number of amides is 1. The Labute approximate surface area is 145 Å². The summed E-state index contributed by atoms with van der Waals surface area (Å²) in [6.07, 6.45) is 0. The first kappa shape index (κ1) is 18.4. The number of nitrogens with one attached hydrogen (secondary N) is 1. The number of nitrogens with two attached hydrogens (primary N) is 1. The predicted octanol–water partition coefficient (Wildman–Crippen LogP) is 1.95. The topological polar surface area (TPSA) is 109 Å². The van der Waals surface area contributed by atoms with Crippen LogP contribution in [0, 0.1) is 0 Å². The van der Waals surface area contributed by atoms with Gasteiger partial charge in [0.15, 0.2) is 5.72 Å². The van der Waals surface area contributed by atoms with Crippen molar-refractivity contribution in [3.63, 3.8) is 0 Å². The van der Waals surface area contributed by atoms with Crippen molar-refractivity contribution < 1.29 is 18.3 Å². The molecule has 6 nitrogen and oxygen atoms in total. The zero-order valence-electron chi connectivity index (χ0n) is 13.1. The minimum atomic E-state index is -4.06. The van der Waals surface area contributed by atoms with Crippen LogP contribution in [0.15, 0.2) is 47.4 Å². The Hall–Kier alpha value is -1.93. The van der Waals surface area contributed by atoms with Crippen LogP contribution in [-0.4, -0.2) is 19.4 Å². The lowest BCUT2D eigenvalue weighted by Crippen LogP contribution is -2.40. The van der Waals surface area contributed by atoms with E-state index >= 15 is 0 Å². The van der Waals surface area contributed by atoms with Crippen molar-refractivity contribution >= 4 is 27.5 Å². The maximum absolute atomic E-state index is 12.0. The molecule has 8 heteroatoms. The summed E-state index contributed by atoms with van der Waals surface area (Å²) in [6.45, 7) is 4.00. The maximum Gasteiger partial charge on any atom is 0.254 e. The number of sulfonamides is 1. The van der Waals surface area contributed by atoms with E-state index in [1.165, 1.54) is 12.1 Å². The zero-order valence-corrected chi connectivity index (χ0v) is 14.6. The molecule has 1 heterocycles. The van der Waals surface area contributed by atoms with Gasteiger partial charge in [-0.3, -0.25) is 4.79 Å². The van der Waals surface area contributed by atoms with Crippen molar-refractivity contribution in [2.45, 2.75) is 24.5 Å². The standard InChI is InChI=1S/C14H11ClN2O4S.C2H6/c15-11-6-5-8(7-12(11)22(16,20)21)14(19)10-4-2-1-3-9(10)13(18)17-14;1-2/h1-7,19H,(H,17,18)(H2,16,20,21);1-2H3. The number of hydrogen-bond acceptors (Lipinski definition) is 4. The highest BCUT2D eigenvalue weighted by atomic mass is 35.5. The molecule has 0 radical (unpaired) electrons. The Morgan fingerprint density at radius 1 is 1.17 bits per heavy atom. The Bertz CT molecular complexity index is 899. The van der Waals surface area contributed by atoms with Crippen molar-refractivity contribution in [1.82, 2.24) is 5.32 Å². The molecule has 2 aromatic rings. The molecular formula is C16H17ClN2O4S. The molecular weight excluding hydrogens is 352 g/mol. The molecule has 0 fully saturated rings. The summed E-state index contributed by atoms with van der Waals surface area (Å²) in [5.74, 6) is -0.454. The molecule has 0 bridgehead atoms. The van der Waals surface area contributed by atoms with Gasteiger partial charge in [0, 0.05) is 16.7 Å². The number of benzene rings is 2. The molecule has 1 unspecified atom stereocenters. The van der Waals surface area contributed by atoms with E-state index in [4.69, 9.17) is 16.7 Å². The largest absolute Gasteiger partial charge is 0.363 e. The number of hydrogen-bond donors (Lipinski definition) is 3. The van der Waals surface area contributed by atoms with Crippen molar-refractivity contribution in [2.75, 3.05) is 0 Å². The molecule has 1 amide bonds. The fourth-order valence-corrected chi connectivity index (χ4v) is 3.54. The Balaban J connectivity index is 0.00000100. The van der Waals surface area contributed by atoms with Crippen molar-refractivity contribution in [2.24, 2.45) is 5.14 Å². The Morgan fingerprint density at radius 3 is 2.42 bits per heavy atom. The average molecular weight is 369 g/mol. The van der Waals surface area contributed by atoms with E-state index in [2.05, 4.69) is 5.32 Å². The average Bonchev–Trinajstić information content (AvgIpc) is 2.81. The van der Waals surface area contributed by atoms with Crippen LogP contribution in [-0.2, 0) is 15.7 Å². The number of carbonyl (C=O) groups is 1. The Kier molecular flexibility index (Phi) is 5.00. The highest BCUT2D eigenvalue weighted by Gasteiger charge is 2.43. The fraction of sp³-hybridized carbons (Fsp3) is 0.188. The third-order valence-electron chi connectivity index (χ3n) is 3.51. The van der Waals surface area contributed by atoms with Crippen LogP contribution in [0.2, 0.25) is 5.02 Å². The van der Waals surface area contributed by atoms with Crippen LogP contribution in [0.4, 0.5) is 0 Å². The Morgan fingerprint density at radius 2 is 1.79 bits per heavy atom. The minimum absolute atomic E-state index is 0.0625. The van der Waals surface area contributed by atoms with Crippen LogP contribution in [0.3, 0.4) is 0 Å². The molecule has 0 saturated heterocycles. The van der Waals surface area contributed by atoms with E-state index in [9.17, 15) is 18.3 Å². The second-order valence-electron chi connectivity index (χ2n) is 4.90. The van der Waals surface area contributed by atoms with Crippen molar-refractivity contribution in [3.05, 3.63) is 64.2 Å². The van der Waals surface area contributed by atoms with Crippen LogP contribution in [0.25, 0.3) is 0 Å². The molecule has 2 aromatic carbocycles. The lowest BCUT2D eigenvalue weighted by Gasteiger charge is -2.25. The predicted molar refractivity (Wildman–Crippen MR) is 91.1 cm³/mol. The van der Waals surface area contributed by atoms with Crippen LogP contribution in [0.5, 0.6) is 0 Å². The van der Waals surface area contributed by atoms with Gasteiger partial charge in [-0.05, 0) is 18.2 Å². The van der Waals surface area contributed by atoms with Crippen LogP contribution in [0.1, 0.15) is 35.3 Å². The molecule has 0 aliphatic carbocycles. The zero-order chi connectivity index (χ0) is 18.1. The first-order valence-corrected chi connectivity index (χ1v) is 9.13. The highest BCUT2D eigenvalue weighted by molar-refractivity contribution is 7.89. The smallest absolute Gasteiger partial charge is 0.254 e. The first-order valence-electron chi connectivity index (χ1n) is 7.21. The van der Waals surface area contributed by atoms with Gasteiger partial charge in [-0.2, -0.15) is 0 Å². The van der Waals surface area contributed by atoms with Gasteiger partial charge in [-0.1, -0.05) is 49.7 Å². The van der Waals surface area contributed by atoms with Crippen LogP contribution < -0.4 is 10.5 Å². The van der Waals surface area contributed by atoms with Gasteiger partial charge < -0.3 is 10.4 Å². The van der Waals surface area contributed by atoms with Gasteiger partial charge in [0.2, 0.25) is 10.0 Å². The molecule has 3 rings (SSSR count). The van der Waals surface area contributed by atoms with E-state index in [0.717, 1.165) is 6.07 Å². The molecule has 4 N–H and O–H groups in total. The summed E-state index contributed by atoms with van der Waals surface area (Å²) in [5.41, 5.74) is -1.03. The molecule has 1 aliphatic heterocycles. The van der Waals surface area contributed by atoms with E-state index in [-0.39, 0.29) is 15.5 Å². The number of primary sulfonamides is 1. The summed E-state index contributed by atoms with van der Waals surface area (Å²) >= 11 is 5.83. The first-order chi connectivity index (χ1) is 11.2. The van der Waals surface area contributed by atoms with E-state index in [1.807, 2.05) is 13.8 Å². The second-order valence-corrected chi connectivity index (χ2v) is 6.84. The van der Waals surface area contributed by atoms with Gasteiger partial charge >= 0.3 is 0 Å². The van der Waals surface area contributed by atoms with Gasteiger partial charge in [0.05, 0.1) is 5.02 Å². The maximum atomic E-state index is 12.0. The quantitative estimate of drug-likeness (QED) is 0.752.